The van der Waals surface area contributed by atoms with Crippen LogP contribution in [0, 0.1) is 0 Å². The van der Waals surface area contributed by atoms with Gasteiger partial charge in [0.2, 0.25) is 0 Å². The minimum atomic E-state index is -0.153. The SMILES string of the molecule is CCN(CC)CCNC(=O)c1cc(N)sn1. The number of hydrogen-bond acceptors (Lipinski definition) is 5. The van der Waals surface area contributed by atoms with Gasteiger partial charge in [-0.15, -0.1) is 0 Å². The van der Waals surface area contributed by atoms with Gasteiger partial charge in [-0.3, -0.25) is 4.79 Å². The number of carbonyl (C=O) groups excluding carboxylic acids is 1. The van der Waals surface area contributed by atoms with Crippen molar-refractivity contribution in [1.29, 1.82) is 0 Å². The Balaban J connectivity index is 2.30. The standard InChI is InChI=1S/C10H18N4OS/c1-3-14(4-2)6-5-12-10(15)8-7-9(11)16-13-8/h7H,3-6,11H2,1-2H3,(H,12,15). The van der Waals surface area contributed by atoms with Gasteiger partial charge in [0.15, 0.2) is 0 Å². The molecule has 0 bridgehead atoms. The molecule has 6 heteroatoms. The van der Waals surface area contributed by atoms with Gasteiger partial charge in [0.1, 0.15) is 10.7 Å². The number of likely N-dealkylation sites (N-methyl/N-ethyl adjacent to an activating group) is 1. The lowest BCUT2D eigenvalue weighted by atomic mass is 10.4. The first-order chi connectivity index (χ1) is 7.67. The Morgan fingerprint density at radius 3 is 2.75 bits per heavy atom. The number of hydrogen-bond donors (Lipinski definition) is 2. The van der Waals surface area contributed by atoms with E-state index in [1.54, 1.807) is 6.07 Å². The van der Waals surface area contributed by atoms with Crippen molar-refractivity contribution < 1.29 is 4.79 Å². The third-order valence-corrected chi connectivity index (χ3v) is 2.99. The van der Waals surface area contributed by atoms with Crippen LogP contribution in [0.3, 0.4) is 0 Å². The van der Waals surface area contributed by atoms with E-state index in [9.17, 15) is 4.79 Å². The molecule has 90 valence electrons. The number of amides is 1. The number of anilines is 1. The van der Waals surface area contributed by atoms with Gasteiger partial charge < -0.3 is 16.0 Å². The maximum atomic E-state index is 11.6. The second-order valence-electron chi connectivity index (χ2n) is 3.40. The zero-order valence-corrected chi connectivity index (χ0v) is 10.5. The Bertz CT molecular complexity index is 335. The molecular weight excluding hydrogens is 224 g/mol. The molecule has 1 aromatic heterocycles. The van der Waals surface area contributed by atoms with Crippen molar-refractivity contribution in [3.63, 3.8) is 0 Å². The number of nitrogens with two attached hydrogens (primary N) is 1. The smallest absolute Gasteiger partial charge is 0.271 e. The Morgan fingerprint density at radius 2 is 2.25 bits per heavy atom. The third-order valence-electron chi connectivity index (χ3n) is 2.37. The lowest BCUT2D eigenvalue weighted by molar-refractivity contribution is 0.0945. The molecule has 16 heavy (non-hydrogen) atoms. The van der Waals surface area contributed by atoms with Gasteiger partial charge in [0, 0.05) is 19.2 Å². The van der Waals surface area contributed by atoms with Crippen LogP contribution >= 0.6 is 11.5 Å². The van der Waals surface area contributed by atoms with E-state index in [0.717, 1.165) is 31.2 Å². The zero-order valence-electron chi connectivity index (χ0n) is 9.69. The van der Waals surface area contributed by atoms with E-state index in [0.29, 0.717) is 17.2 Å². The monoisotopic (exact) mass is 242 g/mol. The van der Waals surface area contributed by atoms with Gasteiger partial charge in [0.05, 0.1) is 0 Å². The number of nitrogens with zero attached hydrogens (tertiary/aromatic N) is 2. The fourth-order valence-corrected chi connectivity index (χ4v) is 1.86. The van der Waals surface area contributed by atoms with Crippen molar-refractivity contribution in [1.82, 2.24) is 14.6 Å². The molecule has 0 spiro atoms. The number of nitrogen functional groups attached to an aromatic ring is 1. The van der Waals surface area contributed by atoms with Gasteiger partial charge in [-0.1, -0.05) is 13.8 Å². The number of rotatable bonds is 6. The van der Waals surface area contributed by atoms with Crippen LogP contribution in [-0.4, -0.2) is 41.4 Å². The molecular formula is C10H18N4OS. The molecule has 0 aliphatic heterocycles. The molecule has 0 radical (unpaired) electrons. The highest BCUT2D eigenvalue weighted by Gasteiger charge is 2.09. The first-order valence-corrected chi connectivity index (χ1v) is 6.17. The van der Waals surface area contributed by atoms with Gasteiger partial charge in [-0.25, -0.2) is 0 Å². The van der Waals surface area contributed by atoms with Gasteiger partial charge in [0.25, 0.3) is 5.91 Å². The van der Waals surface area contributed by atoms with Crippen molar-refractivity contribution in [2.24, 2.45) is 0 Å². The summed E-state index contributed by atoms with van der Waals surface area (Å²) in [5.41, 5.74) is 5.91. The normalized spacial score (nSPS) is 10.7. The van der Waals surface area contributed by atoms with Crippen LogP contribution in [0.1, 0.15) is 24.3 Å². The molecule has 0 saturated carbocycles. The maximum absolute atomic E-state index is 11.6. The summed E-state index contributed by atoms with van der Waals surface area (Å²) < 4.78 is 3.94. The molecule has 1 rings (SSSR count). The molecule has 3 N–H and O–H groups in total. The highest BCUT2D eigenvalue weighted by atomic mass is 32.1. The third kappa shape index (κ3) is 3.79. The second-order valence-corrected chi connectivity index (χ2v) is 4.23. The summed E-state index contributed by atoms with van der Waals surface area (Å²) in [4.78, 5) is 13.8. The Kier molecular flexibility index (Phi) is 5.21. The van der Waals surface area contributed by atoms with Gasteiger partial charge in [-0.2, -0.15) is 4.37 Å². The van der Waals surface area contributed by atoms with E-state index in [1.807, 2.05) is 0 Å². The molecule has 1 heterocycles. The predicted molar refractivity (Wildman–Crippen MR) is 66.6 cm³/mol. The summed E-state index contributed by atoms with van der Waals surface area (Å²) >= 11 is 1.14. The van der Waals surface area contributed by atoms with E-state index >= 15 is 0 Å². The van der Waals surface area contributed by atoms with Crippen molar-refractivity contribution in [3.8, 4) is 0 Å². The topological polar surface area (TPSA) is 71.2 Å². The number of carbonyl (C=O) groups is 1. The van der Waals surface area contributed by atoms with Crippen LogP contribution in [0.5, 0.6) is 0 Å². The first kappa shape index (κ1) is 12.9. The van der Waals surface area contributed by atoms with E-state index in [4.69, 9.17) is 5.73 Å². The summed E-state index contributed by atoms with van der Waals surface area (Å²) in [6.45, 7) is 7.70. The zero-order chi connectivity index (χ0) is 12.0. The lowest BCUT2D eigenvalue weighted by Crippen LogP contribution is -2.34. The number of aromatic nitrogens is 1. The van der Waals surface area contributed by atoms with Crippen molar-refractivity contribution >= 4 is 22.4 Å². The Hall–Kier alpha value is -1.14. The van der Waals surface area contributed by atoms with E-state index in [2.05, 4.69) is 28.4 Å². The first-order valence-electron chi connectivity index (χ1n) is 5.40. The minimum absolute atomic E-state index is 0.153. The fraction of sp³-hybridized carbons (Fsp3) is 0.600. The average molecular weight is 242 g/mol. The van der Waals surface area contributed by atoms with Crippen LogP contribution in [0.4, 0.5) is 5.00 Å². The largest absolute Gasteiger partial charge is 0.389 e. The van der Waals surface area contributed by atoms with Crippen LogP contribution in [0.15, 0.2) is 6.07 Å². The van der Waals surface area contributed by atoms with Crippen LogP contribution in [0.2, 0.25) is 0 Å². The minimum Gasteiger partial charge on any atom is -0.389 e. The van der Waals surface area contributed by atoms with Crippen LogP contribution < -0.4 is 11.1 Å². The van der Waals surface area contributed by atoms with Crippen LogP contribution in [-0.2, 0) is 0 Å². The predicted octanol–water partition coefficient (Wildman–Crippen LogP) is 0.797. The van der Waals surface area contributed by atoms with Crippen molar-refractivity contribution in [3.05, 3.63) is 11.8 Å². The Morgan fingerprint density at radius 1 is 1.56 bits per heavy atom. The van der Waals surface area contributed by atoms with E-state index in [-0.39, 0.29) is 5.91 Å². The molecule has 0 atom stereocenters. The van der Waals surface area contributed by atoms with Crippen molar-refractivity contribution in [2.75, 3.05) is 31.9 Å². The highest BCUT2D eigenvalue weighted by Crippen LogP contribution is 2.10. The van der Waals surface area contributed by atoms with Gasteiger partial charge >= 0.3 is 0 Å². The molecule has 1 aromatic rings. The van der Waals surface area contributed by atoms with E-state index in [1.165, 1.54) is 0 Å². The van der Waals surface area contributed by atoms with Crippen molar-refractivity contribution in [2.45, 2.75) is 13.8 Å². The lowest BCUT2D eigenvalue weighted by Gasteiger charge is -2.17. The second kappa shape index (κ2) is 6.44. The molecule has 1 amide bonds. The molecule has 0 unspecified atom stereocenters. The molecule has 0 saturated heterocycles. The molecule has 0 aliphatic carbocycles. The quantitative estimate of drug-likeness (QED) is 0.774. The Labute approximate surface area is 99.8 Å². The summed E-state index contributed by atoms with van der Waals surface area (Å²) in [7, 11) is 0. The summed E-state index contributed by atoms with van der Waals surface area (Å²) in [5.74, 6) is -0.153. The maximum Gasteiger partial charge on any atom is 0.271 e. The summed E-state index contributed by atoms with van der Waals surface area (Å²) in [6, 6.07) is 1.59. The average Bonchev–Trinajstić information content (AvgIpc) is 2.71. The summed E-state index contributed by atoms with van der Waals surface area (Å²) in [6.07, 6.45) is 0. The summed E-state index contributed by atoms with van der Waals surface area (Å²) in [5, 5.41) is 3.38. The van der Waals surface area contributed by atoms with Crippen LogP contribution in [0.25, 0.3) is 0 Å². The number of nitrogens with one attached hydrogen (secondary N) is 1. The highest BCUT2D eigenvalue weighted by molar-refractivity contribution is 7.10. The molecule has 0 aliphatic rings. The molecule has 0 aromatic carbocycles. The van der Waals surface area contributed by atoms with E-state index < -0.39 is 0 Å². The van der Waals surface area contributed by atoms with Gasteiger partial charge in [-0.05, 0) is 24.6 Å². The fourth-order valence-electron chi connectivity index (χ4n) is 1.35. The molecule has 5 nitrogen and oxygen atoms in total. The molecule has 0 fully saturated rings.